The zero-order valence-corrected chi connectivity index (χ0v) is 40.6. The lowest BCUT2D eigenvalue weighted by molar-refractivity contribution is -0.143. The van der Waals surface area contributed by atoms with Crippen molar-refractivity contribution in [1.82, 2.24) is 36.4 Å². The first-order valence-electron chi connectivity index (χ1n) is 25.1. The second-order valence-corrected chi connectivity index (χ2v) is 18.7. The average Bonchev–Trinajstić information content (AvgIpc) is 4.04. The van der Waals surface area contributed by atoms with Crippen molar-refractivity contribution in [3.05, 3.63) is 83.9 Å². The topological polar surface area (TPSA) is 288 Å². The Balaban J connectivity index is 1.24. The van der Waals surface area contributed by atoms with Crippen LogP contribution in [0.4, 0.5) is 0 Å². The summed E-state index contributed by atoms with van der Waals surface area (Å²) in [6.45, 7) is 2.51. The monoisotopic (exact) mass is 982 g/mol. The third-order valence-corrected chi connectivity index (χ3v) is 13.3. The lowest BCUT2D eigenvalue weighted by atomic mass is 10.0. The van der Waals surface area contributed by atoms with E-state index in [0.717, 1.165) is 41.7 Å². The summed E-state index contributed by atoms with van der Waals surface area (Å²) in [5.41, 5.74) is 14.9. The standard InChI is InChI=1S/C52H71N9O10/c1-2-3-6-29-71-39-23-19-35(20-24-39)34-15-17-36(18-16-34)46(64)56-40-10-7-27-55-49(67)45-30-37(54)31-61(45)51(69)42(9-4-5-26-53)58-48(66)41(25-14-33-12-21-38(63)22-13-33)57-50(68)44-11-8-28-60(44)52(70)43(32-62)59-47(40)65/h12-13,15-24,37,40-45,62-63H,2-11,14,25-32,53-54H2,1H3,(H,55,67)(H,56,64)(H,57,68)(H,58,66)(H,59,65)/t37?,40-,41-,42-,43-,44-,45-/m0/s1. The summed E-state index contributed by atoms with van der Waals surface area (Å²) in [4.78, 5) is 102. The van der Waals surface area contributed by atoms with Crippen LogP contribution in [-0.4, -0.2) is 143 Å². The largest absolute Gasteiger partial charge is 0.508 e. The molecule has 7 amide bonds. The number of phenolic OH excluding ortho intramolecular Hbond substituents is 1. The summed E-state index contributed by atoms with van der Waals surface area (Å²) in [6, 6.07) is 13.3. The van der Waals surface area contributed by atoms with Crippen LogP contribution in [0.15, 0.2) is 72.8 Å². The molecular weight excluding hydrogens is 911 g/mol. The van der Waals surface area contributed by atoms with Crippen LogP contribution in [0.1, 0.15) is 99.9 Å². The predicted molar refractivity (Wildman–Crippen MR) is 265 cm³/mol. The van der Waals surface area contributed by atoms with E-state index in [0.29, 0.717) is 32.4 Å². The van der Waals surface area contributed by atoms with E-state index in [9.17, 15) is 43.8 Å². The molecule has 384 valence electrons. The maximum absolute atomic E-state index is 14.4. The van der Waals surface area contributed by atoms with Gasteiger partial charge in [-0.05, 0) is 130 Å². The highest BCUT2D eigenvalue weighted by Gasteiger charge is 2.43. The Morgan fingerprint density at radius 1 is 0.732 bits per heavy atom. The minimum atomic E-state index is -1.50. The molecular formula is C52H71N9O10. The fraction of sp³-hybridized carbons (Fsp3) is 0.519. The second-order valence-electron chi connectivity index (χ2n) is 18.7. The number of amides is 7. The summed E-state index contributed by atoms with van der Waals surface area (Å²) in [5, 5.41) is 34.3. The maximum Gasteiger partial charge on any atom is 0.251 e. The Labute approximate surface area is 415 Å². The van der Waals surface area contributed by atoms with Gasteiger partial charge in [-0.25, -0.2) is 0 Å². The number of carbonyl (C=O) groups excluding carboxylic acids is 7. The quantitative estimate of drug-likeness (QED) is 0.0929. The number of fused-ring (bicyclic) bond motifs is 2. The van der Waals surface area contributed by atoms with Gasteiger partial charge in [0.15, 0.2) is 0 Å². The summed E-state index contributed by atoms with van der Waals surface area (Å²) in [7, 11) is 0. The van der Waals surface area contributed by atoms with Crippen molar-refractivity contribution in [2.75, 3.05) is 39.4 Å². The van der Waals surface area contributed by atoms with E-state index in [1.807, 2.05) is 24.3 Å². The Morgan fingerprint density at radius 3 is 2.10 bits per heavy atom. The molecule has 3 heterocycles. The highest BCUT2D eigenvalue weighted by molar-refractivity contribution is 6.00. The molecule has 0 bridgehead atoms. The number of phenols is 1. The van der Waals surface area contributed by atoms with Gasteiger partial charge in [0.05, 0.1) is 13.2 Å². The van der Waals surface area contributed by atoms with Crippen molar-refractivity contribution in [2.45, 2.75) is 133 Å². The van der Waals surface area contributed by atoms with Gasteiger partial charge in [0.25, 0.3) is 5.91 Å². The average molecular weight is 982 g/mol. The normalized spacial score (nSPS) is 23.9. The number of nitrogens with one attached hydrogen (secondary N) is 5. The molecule has 3 aliphatic heterocycles. The van der Waals surface area contributed by atoms with E-state index >= 15 is 0 Å². The molecule has 3 aromatic rings. The van der Waals surface area contributed by atoms with E-state index in [2.05, 4.69) is 33.5 Å². The van der Waals surface area contributed by atoms with Crippen LogP contribution in [0.5, 0.6) is 11.5 Å². The first kappa shape index (κ1) is 53.8. The van der Waals surface area contributed by atoms with Crippen LogP contribution >= 0.6 is 0 Å². The van der Waals surface area contributed by atoms with E-state index in [4.69, 9.17) is 16.2 Å². The zero-order chi connectivity index (χ0) is 50.9. The SMILES string of the molecule is CCCCCOc1ccc(-c2ccc(C(=O)N[C@H]3CCCNC(=O)[C@@H]4CC(N)CN4C(=O)[C@H](CCCCN)NC(=O)[C@H](CCc4ccc(O)cc4)NC(=O)[C@@H]4CCCN4C(=O)[C@H](CO)NC3=O)cc2)cc1. The number of aliphatic hydroxyl groups excluding tert-OH is 1. The van der Waals surface area contributed by atoms with Crippen LogP contribution < -0.4 is 42.8 Å². The van der Waals surface area contributed by atoms with Crippen molar-refractivity contribution < 1.29 is 48.5 Å². The van der Waals surface area contributed by atoms with Crippen molar-refractivity contribution in [3.63, 3.8) is 0 Å². The molecule has 1 unspecified atom stereocenters. The van der Waals surface area contributed by atoms with Crippen LogP contribution in [0.3, 0.4) is 0 Å². The van der Waals surface area contributed by atoms with Gasteiger partial charge in [-0.15, -0.1) is 0 Å². The number of rotatable bonds is 16. The van der Waals surface area contributed by atoms with Crippen LogP contribution in [-0.2, 0) is 35.2 Å². The molecule has 7 atom stereocenters. The van der Waals surface area contributed by atoms with E-state index in [1.165, 1.54) is 21.9 Å². The fourth-order valence-electron chi connectivity index (χ4n) is 9.30. The van der Waals surface area contributed by atoms with E-state index < -0.39 is 90.3 Å². The summed E-state index contributed by atoms with van der Waals surface area (Å²) in [5.74, 6) is -3.59. The highest BCUT2D eigenvalue weighted by atomic mass is 16.5. The zero-order valence-electron chi connectivity index (χ0n) is 40.6. The lowest BCUT2D eigenvalue weighted by Crippen LogP contribution is -2.59. The van der Waals surface area contributed by atoms with Gasteiger partial charge in [-0.2, -0.15) is 0 Å². The van der Waals surface area contributed by atoms with Crippen LogP contribution in [0, 0.1) is 0 Å². The van der Waals surface area contributed by atoms with Gasteiger partial charge in [0, 0.05) is 31.2 Å². The minimum absolute atomic E-state index is 0.00249. The Hall–Kier alpha value is -6.57. The van der Waals surface area contributed by atoms with Gasteiger partial charge in [-0.1, -0.05) is 56.2 Å². The van der Waals surface area contributed by atoms with Crippen LogP contribution in [0.25, 0.3) is 11.1 Å². The van der Waals surface area contributed by atoms with Gasteiger partial charge in [0.1, 0.15) is 47.8 Å². The molecule has 0 spiro atoms. The molecule has 3 aliphatic rings. The number of ether oxygens (including phenoxy) is 1. The number of nitrogens with zero attached hydrogens (tertiary/aromatic N) is 2. The molecule has 0 aliphatic carbocycles. The molecule has 19 nitrogen and oxygen atoms in total. The number of aryl methyl sites for hydroxylation is 1. The predicted octanol–water partition coefficient (Wildman–Crippen LogP) is 1.76. The molecule has 19 heteroatoms. The summed E-state index contributed by atoms with van der Waals surface area (Å²) >= 11 is 0. The van der Waals surface area contributed by atoms with Crippen molar-refractivity contribution in [3.8, 4) is 22.6 Å². The number of carbonyl (C=O) groups is 7. The fourth-order valence-corrected chi connectivity index (χ4v) is 9.30. The molecule has 0 radical (unpaired) electrons. The molecule has 11 N–H and O–H groups in total. The number of hydrogen-bond acceptors (Lipinski definition) is 12. The first-order valence-corrected chi connectivity index (χ1v) is 25.1. The van der Waals surface area contributed by atoms with E-state index in [-0.39, 0.29) is 75.9 Å². The molecule has 3 aromatic carbocycles. The third-order valence-electron chi connectivity index (χ3n) is 13.3. The second kappa shape index (κ2) is 26.6. The highest BCUT2D eigenvalue weighted by Crippen LogP contribution is 2.25. The first-order chi connectivity index (χ1) is 34.3. The summed E-state index contributed by atoms with van der Waals surface area (Å²) in [6.07, 6.45) is 5.71. The Morgan fingerprint density at radius 2 is 1.41 bits per heavy atom. The van der Waals surface area contributed by atoms with Crippen molar-refractivity contribution in [2.24, 2.45) is 11.5 Å². The number of aliphatic hydroxyl groups is 1. The van der Waals surface area contributed by atoms with Gasteiger partial charge in [0.2, 0.25) is 35.4 Å². The van der Waals surface area contributed by atoms with Crippen LogP contribution in [0.2, 0.25) is 0 Å². The van der Waals surface area contributed by atoms with Crippen molar-refractivity contribution in [1.29, 1.82) is 0 Å². The lowest BCUT2D eigenvalue weighted by Gasteiger charge is -2.31. The molecule has 6 rings (SSSR count). The molecule has 3 saturated heterocycles. The van der Waals surface area contributed by atoms with E-state index in [1.54, 1.807) is 36.4 Å². The number of hydrogen-bond donors (Lipinski definition) is 9. The third kappa shape index (κ3) is 15.0. The smallest absolute Gasteiger partial charge is 0.251 e. The molecule has 71 heavy (non-hydrogen) atoms. The number of nitrogens with two attached hydrogens (primary N) is 2. The van der Waals surface area contributed by atoms with Crippen molar-refractivity contribution >= 4 is 41.4 Å². The Bertz CT molecular complexity index is 2280. The maximum atomic E-state index is 14.4. The number of aromatic hydroxyl groups is 1. The Kier molecular flexibility index (Phi) is 20.1. The van der Waals surface area contributed by atoms with Gasteiger partial charge < -0.3 is 62.8 Å². The molecule has 0 saturated carbocycles. The summed E-state index contributed by atoms with van der Waals surface area (Å²) < 4.78 is 5.84. The van der Waals surface area contributed by atoms with Gasteiger partial charge in [-0.3, -0.25) is 33.6 Å². The minimum Gasteiger partial charge on any atom is -0.508 e. The number of benzene rings is 3. The number of unbranched alkanes of at least 4 members (excludes halogenated alkanes) is 3. The molecule has 3 fully saturated rings. The molecule has 0 aromatic heterocycles. The van der Waals surface area contributed by atoms with Gasteiger partial charge >= 0.3 is 0 Å².